The highest BCUT2D eigenvalue weighted by atomic mass is 16.7. The van der Waals surface area contributed by atoms with Crippen LogP contribution in [0.1, 0.15) is 17.3 Å². The van der Waals surface area contributed by atoms with Crippen LogP contribution in [-0.2, 0) is 9.53 Å². The summed E-state index contributed by atoms with van der Waals surface area (Å²) in [5, 5.41) is 13.9. The van der Waals surface area contributed by atoms with E-state index in [-0.39, 0.29) is 18.0 Å². The van der Waals surface area contributed by atoms with Crippen molar-refractivity contribution in [2.24, 2.45) is 0 Å². The lowest BCUT2D eigenvalue weighted by atomic mass is 10.1. The monoisotopic (exact) mass is 401 g/mol. The number of nitrogens with one attached hydrogen (secondary N) is 1. The molecule has 1 amide bonds. The van der Waals surface area contributed by atoms with E-state index in [0.29, 0.717) is 22.9 Å². The summed E-state index contributed by atoms with van der Waals surface area (Å²) in [4.78, 5) is 36.9. The molecule has 1 atom stereocenters. The van der Waals surface area contributed by atoms with Gasteiger partial charge in [-0.1, -0.05) is 0 Å². The topological polar surface area (TPSA) is 120 Å². The summed E-state index contributed by atoms with van der Waals surface area (Å²) in [6.45, 7) is 1.52. The third-order valence-corrected chi connectivity index (χ3v) is 4.18. The second-order valence-electron chi connectivity index (χ2n) is 6.46. The largest absolute Gasteiger partial charge is 0.454 e. The van der Waals surface area contributed by atoms with Crippen LogP contribution in [0.5, 0.6) is 11.5 Å². The molecule has 0 spiro atoms. The van der Waals surface area contributed by atoms with Crippen molar-refractivity contribution in [2.75, 3.05) is 31.1 Å². The van der Waals surface area contributed by atoms with Gasteiger partial charge in [0.1, 0.15) is 5.69 Å². The Morgan fingerprint density at radius 3 is 2.59 bits per heavy atom. The molecule has 1 N–H and O–H groups in total. The first kappa shape index (κ1) is 19.9. The van der Waals surface area contributed by atoms with Crippen LogP contribution in [0.2, 0.25) is 0 Å². The fourth-order valence-electron chi connectivity index (χ4n) is 2.68. The molecule has 1 aliphatic heterocycles. The van der Waals surface area contributed by atoms with Gasteiger partial charge in [-0.3, -0.25) is 14.9 Å². The fourth-order valence-corrected chi connectivity index (χ4v) is 2.68. The summed E-state index contributed by atoms with van der Waals surface area (Å²) in [6, 6.07) is 8.86. The average Bonchev–Trinajstić information content (AvgIpc) is 3.15. The third kappa shape index (κ3) is 4.37. The number of nitrogens with zero attached hydrogens (tertiary/aromatic N) is 2. The van der Waals surface area contributed by atoms with Gasteiger partial charge in [0.25, 0.3) is 11.6 Å². The van der Waals surface area contributed by atoms with Crippen molar-refractivity contribution in [2.45, 2.75) is 13.0 Å². The van der Waals surface area contributed by atoms with Crippen LogP contribution >= 0.6 is 0 Å². The minimum atomic E-state index is -1.12. The van der Waals surface area contributed by atoms with Gasteiger partial charge in [0.05, 0.1) is 10.5 Å². The molecule has 0 radical (unpaired) electrons. The number of esters is 1. The molecule has 152 valence electrons. The van der Waals surface area contributed by atoms with Crippen LogP contribution in [0.15, 0.2) is 36.4 Å². The number of amides is 1. The quantitative estimate of drug-likeness (QED) is 0.445. The number of anilines is 2. The van der Waals surface area contributed by atoms with Gasteiger partial charge in [0.15, 0.2) is 17.6 Å². The van der Waals surface area contributed by atoms with Gasteiger partial charge in [0, 0.05) is 31.9 Å². The molecule has 3 rings (SSSR count). The molecule has 2 aromatic carbocycles. The van der Waals surface area contributed by atoms with E-state index in [0.717, 1.165) is 6.07 Å². The Morgan fingerprint density at radius 2 is 1.90 bits per heavy atom. The Kier molecular flexibility index (Phi) is 5.53. The Hall–Kier alpha value is -3.82. The summed E-state index contributed by atoms with van der Waals surface area (Å²) >= 11 is 0. The van der Waals surface area contributed by atoms with Crippen LogP contribution in [-0.4, -0.2) is 43.8 Å². The average molecular weight is 401 g/mol. The summed E-state index contributed by atoms with van der Waals surface area (Å²) < 4.78 is 15.6. The predicted octanol–water partition coefficient (Wildman–Crippen LogP) is 2.57. The van der Waals surface area contributed by atoms with Gasteiger partial charge in [0.2, 0.25) is 6.79 Å². The first-order valence-electron chi connectivity index (χ1n) is 8.63. The van der Waals surface area contributed by atoms with E-state index in [4.69, 9.17) is 14.2 Å². The number of ether oxygens (including phenoxy) is 3. The minimum Gasteiger partial charge on any atom is -0.454 e. The number of hydrogen-bond donors (Lipinski definition) is 1. The summed E-state index contributed by atoms with van der Waals surface area (Å²) in [5.41, 5.74) is 0.542. The lowest BCUT2D eigenvalue weighted by Gasteiger charge is -2.15. The van der Waals surface area contributed by atoms with Crippen molar-refractivity contribution in [3.8, 4) is 11.5 Å². The Bertz CT molecular complexity index is 974. The first-order chi connectivity index (χ1) is 13.8. The maximum absolute atomic E-state index is 12.3. The number of fused-ring (bicyclic) bond motifs is 1. The van der Waals surface area contributed by atoms with E-state index in [1.165, 1.54) is 19.1 Å². The summed E-state index contributed by atoms with van der Waals surface area (Å²) in [7, 11) is 3.31. The number of nitro groups is 1. The lowest BCUT2D eigenvalue weighted by molar-refractivity contribution is -0.384. The number of carbonyl (C=O) groups excluding carboxylic acids is 2. The molecule has 0 aromatic heterocycles. The fraction of sp³-hybridized carbons (Fsp3) is 0.263. The van der Waals surface area contributed by atoms with Crippen molar-refractivity contribution >= 4 is 28.9 Å². The second kappa shape index (κ2) is 8.05. The Balaban J connectivity index is 1.67. The number of benzene rings is 2. The normalized spacial score (nSPS) is 12.8. The molecule has 2 aromatic rings. The van der Waals surface area contributed by atoms with Gasteiger partial charge in [-0.05, 0) is 31.2 Å². The van der Waals surface area contributed by atoms with Gasteiger partial charge in [-0.2, -0.15) is 0 Å². The second-order valence-corrected chi connectivity index (χ2v) is 6.46. The molecule has 0 bridgehead atoms. The number of hydrogen-bond acceptors (Lipinski definition) is 8. The number of rotatable bonds is 6. The van der Waals surface area contributed by atoms with Crippen molar-refractivity contribution in [3.63, 3.8) is 0 Å². The maximum Gasteiger partial charge on any atom is 0.339 e. The lowest BCUT2D eigenvalue weighted by Crippen LogP contribution is -2.30. The smallest absolute Gasteiger partial charge is 0.339 e. The Morgan fingerprint density at radius 1 is 1.17 bits per heavy atom. The molecule has 0 fully saturated rings. The van der Waals surface area contributed by atoms with Crippen molar-refractivity contribution < 1.29 is 28.7 Å². The zero-order valence-corrected chi connectivity index (χ0v) is 16.0. The zero-order valence-electron chi connectivity index (χ0n) is 16.0. The van der Waals surface area contributed by atoms with Crippen molar-refractivity contribution in [1.29, 1.82) is 0 Å². The van der Waals surface area contributed by atoms with E-state index in [1.54, 1.807) is 37.2 Å². The molecule has 1 heterocycles. The van der Waals surface area contributed by atoms with E-state index < -0.39 is 22.9 Å². The first-order valence-corrected chi connectivity index (χ1v) is 8.63. The molecule has 0 aliphatic carbocycles. The predicted molar refractivity (Wildman–Crippen MR) is 103 cm³/mol. The summed E-state index contributed by atoms with van der Waals surface area (Å²) in [5.74, 6) is -0.325. The van der Waals surface area contributed by atoms with Gasteiger partial charge in [-0.25, -0.2) is 4.79 Å². The van der Waals surface area contributed by atoms with E-state index in [1.807, 2.05) is 0 Å². The highest BCUT2D eigenvalue weighted by Crippen LogP contribution is 2.34. The third-order valence-electron chi connectivity index (χ3n) is 4.18. The van der Waals surface area contributed by atoms with Gasteiger partial charge in [-0.15, -0.1) is 0 Å². The summed E-state index contributed by atoms with van der Waals surface area (Å²) in [6.07, 6.45) is -1.12. The Labute approximate surface area is 166 Å². The number of nitro benzene ring substituents is 1. The highest BCUT2D eigenvalue weighted by molar-refractivity contribution is 5.98. The van der Waals surface area contributed by atoms with E-state index in [2.05, 4.69) is 5.32 Å². The van der Waals surface area contributed by atoms with Crippen LogP contribution in [0.25, 0.3) is 0 Å². The number of carbonyl (C=O) groups is 2. The van der Waals surface area contributed by atoms with Crippen molar-refractivity contribution in [3.05, 3.63) is 52.1 Å². The minimum absolute atomic E-state index is 0.0231. The molecule has 10 heteroatoms. The van der Waals surface area contributed by atoms with Gasteiger partial charge >= 0.3 is 5.97 Å². The molecule has 10 nitrogen and oxygen atoms in total. The zero-order chi connectivity index (χ0) is 21.1. The molecular weight excluding hydrogens is 382 g/mol. The van der Waals surface area contributed by atoms with Crippen LogP contribution in [0, 0.1) is 10.1 Å². The molecular formula is C19H19N3O7. The van der Waals surface area contributed by atoms with E-state index in [9.17, 15) is 19.7 Å². The molecule has 29 heavy (non-hydrogen) atoms. The van der Waals surface area contributed by atoms with Crippen molar-refractivity contribution in [1.82, 2.24) is 0 Å². The molecule has 1 aliphatic rings. The SMILES string of the molecule is C[C@H](OC(=O)c1ccc(N(C)C)c([N+](=O)[O-])c1)C(=O)Nc1ccc2c(c1)OCO2. The molecule has 0 saturated heterocycles. The highest BCUT2D eigenvalue weighted by Gasteiger charge is 2.23. The van der Waals surface area contributed by atoms with Gasteiger partial charge < -0.3 is 24.4 Å². The standard InChI is InChI=1S/C19H19N3O7/c1-11(18(23)20-13-5-7-16-17(9-13)28-10-27-16)29-19(24)12-4-6-14(21(2)3)15(8-12)22(25)26/h4-9,11H,10H2,1-3H3,(H,20,23)/t11-/m0/s1. The molecule has 0 saturated carbocycles. The molecule has 0 unspecified atom stereocenters. The van der Waals surface area contributed by atoms with E-state index >= 15 is 0 Å². The maximum atomic E-state index is 12.3. The van der Waals surface area contributed by atoms with Crippen LogP contribution in [0.3, 0.4) is 0 Å². The van der Waals surface area contributed by atoms with Crippen LogP contribution < -0.4 is 19.7 Å². The van der Waals surface area contributed by atoms with Crippen LogP contribution in [0.4, 0.5) is 17.1 Å².